The van der Waals surface area contributed by atoms with Crippen molar-refractivity contribution in [1.82, 2.24) is 0 Å². The summed E-state index contributed by atoms with van der Waals surface area (Å²) in [6.07, 6.45) is 2.63. The number of fused-ring (bicyclic) bond motifs is 2. The molecule has 4 saturated carbocycles. The number of carboxylic acids is 1. The molecule has 0 unspecified atom stereocenters. The second-order valence-corrected chi connectivity index (χ2v) is 13.3. The Kier molecular flexibility index (Phi) is 5.59. The number of aliphatic carboxylic acids is 1. The molecule has 202 valence electrons. The number of carboxylic acid groups (broad SMARTS) is 1. The van der Waals surface area contributed by atoms with Crippen LogP contribution in [-0.2, 0) is 28.5 Å². The van der Waals surface area contributed by atoms with Crippen LogP contribution in [0.25, 0.3) is 0 Å². The Balaban J connectivity index is 1.42. The van der Waals surface area contributed by atoms with Gasteiger partial charge in [0.2, 0.25) is 0 Å². The molecule has 4 bridgehead atoms. The Labute approximate surface area is 213 Å². The molecular formula is C28H42O8. The summed E-state index contributed by atoms with van der Waals surface area (Å²) in [5, 5.41) is 22.2. The summed E-state index contributed by atoms with van der Waals surface area (Å²) >= 11 is 0. The van der Waals surface area contributed by atoms with Crippen LogP contribution < -0.4 is 0 Å². The Bertz CT molecular complexity index is 933. The molecule has 8 nitrogen and oxygen atoms in total. The van der Waals surface area contributed by atoms with Gasteiger partial charge < -0.3 is 34.0 Å². The summed E-state index contributed by atoms with van der Waals surface area (Å²) in [5.41, 5.74) is -3.66. The number of aliphatic hydroxyl groups excluding tert-OH is 1. The standard InChI is InChI=1S/C28H42O8/c1-14(2)20-8-17-9-25(11-29)19-7-6-15(3)18(19)10-26(17,28(20,25)23(31)32)12-34-24-27(13-35-27)22(30)21(33-5)16(4)36-24/h11,14-22,24,30H,6-10,12-13H2,1-5H3,(H,31,32)/t15-,16-,17+,18-,19-,20+,21-,22-,24-,25+,26+,27+,28+/m1/s1. The minimum absolute atomic E-state index is 0.0831. The van der Waals surface area contributed by atoms with Crippen molar-refractivity contribution in [2.75, 3.05) is 20.3 Å². The fraction of sp³-hybridized carbons (Fsp3) is 0.929. The second kappa shape index (κ2) is 7.98. The molecule has 0 aromatic heterocycles. The summed E-state index contributed by atoms with van der Waals surface area (Å²) in [6, 6.07) is 0. The van der Waals surface area contributed by atoms with Crippen molar-refractivity contribution < 1.29 is 38.7 Å². The van der Waals surface area contributed by atoms with E-state index in [0.717, 1.165) is 32.0 Å². The van der Waals surface area contributed by atoms with Gasteiger partial charge in [-0.15, -0.1) is 0 Å². The molecule has 8 heteroatoms. The van der Waals surface area contributed by atoms with E-state index in [0.29, 0.717) is 24.9 Å². The molecule has 13 atom stereocenters. The first-order valence-electron chi connectivity index (χ1n) is 13.9. The largest absolute Gasteiger partial charge is 0.481 e. The lowest BCUT2D eigenvalue weighted by Crippen LogP contribution is -2.66. The molecule has 0 aromatic carbocycles. The van der Waals surface area contributed by atoms with Gasteiger partial charge in [0, 0.05) is 17.9 Å². The third-order valence-corrected chi connectivity index (χ3v) is 12.0. The van der Waals surface area contributed by atoms with Gasteiger partial charge in [-0.05, 0) is 68.1 Å². The predicted molar refractivity (Wildman–Crippen MR) is 128 cm³/mol. The van der Waals surface area contributed by atoms with E-state index in [2.05, 4.69) is 20.8 Å². The van der Waals surface area contributed by atoms with Crippen LogP contribution in [0, 0.1) is 51.8 Å². The monoisotopic (exact) mass is 506 g/mol. The maximum Gasteiger partial charge on any atom is 0.311 e. The number of epoxide rings is 1. The summed E-state index contributed by atoms with van der Waals surface area (Å²) in [4.78, 5) is 26.8. The Morgan fingerprint density at radius 3 is 2.53 bits per heavy atom. The lowest BCUT2D eigenvalue weighted by molar-refractivity contribution is -0.298. The van der Waals surface area contributed by atoms with Crippen molar-refractivity contribution in [3.05, 3.63) is 0 Å². The Morgan fingerprint density at radius 1 is 1.22 bits per heavy atom. The molecule has 6 aliphatic rings. The molecule has 0 aromatic rings. The molecular weight excluding hydrogens is 464 g/mol. The zero-order valence-electron chi connectivity index (χ0n) is 22.1. The number of aldehydes is 1. The highest BCUT2D eigenvalue weighted by Gasteiger charge is 2.86. The van der Waals surface area contributed by atoms with Gasteiger partial charge in [0.25, 0.3) is 0 Å². The van der Waals surface area contributed by atoms with Crippen LogP contribution in [0.1, 0.15) is 59.8 Å². The highest BCUT2D eigenvalue weighted by atomic mass is 16.7. The predicted octanol–water partition coefficient (Wildman–Crippen LogP) is 2.90. The SMILES string of the molecule is CO[C@H]1[C@@H](O)[C@@]2(CO2)[C@H](OC[C@@]23C[C@@H]4[C@H](C)CC[C@H]4[C@@]4(C=O)C[C@@H]2C[C@@H](C(C)C)[C@@]34C(=O)O)O[C@@H]1C. The number of ether oxygens (including phenoxy) is 4. The van der Waals surface area contributed by atoms with Crippen LogP contribution in [0.2, 0.25) is 0 Å². The lowest BCUT2D eigenvalue weighted by Gasteiger charge is -2.59. The molecule has 2 saturated heterocycles. The minimum Gasteiger partial charge on any atom is -0.481 e. The van der Waals surface area contributed by atoms with Crippen LogP contribution >= 0.6 is 0 Å². The van der Waals surface area contributed by atoms with Gasteiger partial charge in [-0.2, -0.15) is 0 Å². The zero-order chi connectivity index (χ0) is 25.8. The lowest BCUT2D eigenvalue weighted by atomic mass is 9.42. The van der Waals surface area contributed by atoms with E-state index in [1.165, 1.54) is 0 Å². The normalized spacial score (nSPS) is 56.8. The smallest absolute Gasteiger partial charge is 0.311 e. The molecule has 2 heterocycles. The quantitative estimate of drug-likeness (QED) is 0.400. The summed E-state index contributed by atoms with van der Waals surface area (Å²) in [5.74, 6) is 0.247. The van der Waals surface area contributed by atoms with Gasteiger partial charge in [0.05, 0.1) is 24.7 Å². The number of aliphatic hydroxyl groups is 1. The topological polar surface area (TPSA) is 115 Å². The van der Waals surface area contributed by atoms with Crippen molar-refractivity contribution in [1.29, 1.82) is 0 Å². The van der Waals surface area contributed by atoms with Crippen LogP contribution in [-0.4, -0.2) is 73.0 Å². The van der Waals surface area contributed by atoms with Crippen LogP contribution in [0.15, 0.2) is 0 Å². The zero-order valence-corrected chi connectivity index (χ0v) is 22.1. The van der Waals surface area contributed by atoms with Crippen LogP contribution in [0.3, 0.4) is 0 Å². The molecule has 2 N–H and O–H groups in total. The number of methoxy groups -OCH3 is 1. The van der Waals surface area contributed by atoms with Crippen LogP contribution in [0.5, 0.6) is 0 Å². The number of carbonyl (C=O) groups excluding carboxylic acids is 1. The van der Waals surface area contributed by atoms with Gasteiger partial charge in [-0.25, -0.2) is 0 Å². The summed E-state index contributed by atoms with van der Waals surface area (Å²) in [6.45, 7) is 8.82. The molecule has 0 radical (unpaired) electrons. The van der Waals surface area contributed by atoms with Crippen molar-refractivity contribution in [2.45, 2.75) is 90.0 Å². The van der Waals surface area contributed by atoms with Crippen molar-refractivity contribution in [2.24, 2.45) is 51.8 Å². The molecule has 1 spiro atoms. The van der Waals surface area contributed by atoms with Gasteiger partial charge in [0.15, 0.2) is 11.9 Å². The number of hydrogen-bond acceptors (Lipinski definition) is 7. The average Bonchev–Trinajstić information content (AvgIpc) is 3.44. The van der Waals surface area contributed by atoms with E-state index in [1.807, 2.05) is 6.92 Å². The Morgan fingerprint density at radius 2 is 1.94 bits per heavy atom. The maximum atomic E-state index is 13.6. The van der Waals surface area contributed by atoms with E-state index in [4.69, 9.17) is 18.9 Å². The first-order valence-corrected chi connectivity index (χ1v) is 13.9. The minimum atomic E-state index is -1.16. The molecule has 2 aliphatic heterocycles. The number of rotatable bonds is 7. The third kappa shape index (κ3) is 2.68. The highest BCUT2D eigenvalue weighted by molar-refractivity contribution is 5.86. The average molecular weight is 507 g/mol. The number of carbonyl (C=O) groups is 2. The summed E-state index contributed by atoms with van der Waals surface area (Å²) < 4.78 is 24.0. The van der Waals surface area contributed by atoms with Crippen molar-refractivity contribution in [3.63, 3.8) is 0 Å². The molecule has 6 rings (SSSR count). The van der Waals surface area contributed by atoms with E-state index < -0.39 is 52.4 Å². The van der Waals surface area contributed by atoms with E-state index >= 15 is 0 Å². The molecule has 36 heavy (non-hydrogen) atoms. The number of hydrogen-bond donors (Lipinski definition) is 2. The maximum absolute atomic E-state index is 13.6. The van der Waals surface area contributed by atoms with E-state index in [-0.39, 0.29) is 30.3 Å². The molecule has 0 amide bonds. The van der Waals surface area contributed by atoms with E-state index in [9.17, 15) is 19.8 Å². The third-order valence-electron chi connectivity index (χ3n) is 12.0. The first-order chi connectivity index (χ1) is 17.1. The highest BCUT2D eigenvalue weighted by Crippen LogP contribution is 2.84. The van der Waals surface area contributed by atoms with Crippen molar-refractivity contribution in [3.8, 4) is 0 Å². The molecule has 4 aliphatic carbocycles. The van der Waals surface area contributed by atoms with Crippen molar-refractivity contribution >= 4 is 12.3 Å². The fourth-order valence-electron chi connectivity index (χ4n) is 10.5. The fourth-order valence-corrected chi connectivity index (χ4v) is 10.5. The second-order valence-electron chi connectivity index (χ2n) is 13.3. The molecule has 6 fully saturated rings. The Hall–Kier alpha value is -1.06. The van der Waals surface area contributed by atoms with Gasteiger partial charge >= 0.3 is 5.97 Å². The van der Waals surface area contributed by atoms with Crippen LogP contribution in [0.4, 0.5) is 0 Å². The van der Waals surface area contributed by atoms with Gasteiger partial charge in [-0.3, -0.25) is 4.79 Å². The van der Waals surface area contributed by atoms with Gasteiger partial charge in [-0.1, -0.05) is 27.2 Å². The van der Waals surface area contributed by atoms with Gasteiger partial charge in [0.1, 0.15) is 18.5 Å². The summed E-state index contributed by atoms with van der Waals surface area (Å²) in [7, 11) is 1.54. The first kappa shape index (κ1) is 25.2. The van der Waals surface area contributed by atoms with E-state index in [1.54, 1.807) is 7.11 Å².